The first-order valence-corrected chi connectivity index (χ1v) is 15.8. The lowest BCUT2D eigenvalue weighted by Crippen LogP contribution is -1.98. The van der Waals surface area contributed by atoms with Crippen molar-refractivity contribution in [2.45, 2.75) is 13.8 Å². The Hall–Kier alpha value is -5.18. The van der Waals surface area contributed by atoms with E-state index in [4.69, 9.17) is 5.73 Å². The molecule has 0 saturated heterocycles. The van der Waals surface area contributed by atoms with E-state index in [-0.39, 0.29) is 0 Å². The molecule has 44 heavy (non-hydrogen) atoms. The summed E-state index contributed by atoms with van der Waals surface area (Å²) in [4.78, 5) is 0. The first kappa shape index (κ1) is 27.6. The van der Waals surface area contributed by atoms with Crippen LogP contribution >= 0.6 is 11.3 Å². The predicted octanol–water partition coefficient (Wildman–Crippen LogP) is 11.9. The summed E-state index contributed by atoms with van der Waals surface area (Å²) < 4.78 is 2.60. The Morgan fingerprint density at radius 2 is 1.25 bits per heavy atom. The highest BCUT2D eigenvalue weighted by atomic mass is 32.1. The third-order valence-corrected chi connectivity index (χ3v) is 9.71. The van der Waals surface area contributed by atoms with Crippen LogP contribution in [0.15, 0.2) is 140 Å². The number of fused-ring (bicyclic) bond motifs is 6. The average molecular weight is 584 g/mol. The van der Waals surface area contributed by atoms with Crippen LogP contribution in [0.3, 0.4) is 0 Å². The van der Waals surface area contributed by atoms with Crippen LogP contribution in [0.4, 0.5) is 0 Å². The Morgan fingerprint density at radius 1 is 0.614 bits per heavy atom. The van der Waals surface area contributed by atoms with Crippen LogP contribution in [-0.2, 0) is 0 Å². The molecule has 0 spiro atoms. The fraction of sp³-hybridized carbons (Fsp3) is 0.0476. The van der Waals surface area contributed by atoms with Gasteiger partial charge in [0.2, 0.25) is 0 Å². The summed E-state index contributed by atoms with van der Waals surface area (Å²) in [6.07, 6.45) is 14.7. The molecule has 0 atom stereocenters. The number of hydrogen-bond acceptors (Lipinski definition) is 2. The Labute approximate surface area is 262 Å². The maximum absolute atomic E-state index is 6.90. The minimum absolute atomic E-state index is 0.761. The molecule has 0 aliphatic carbocycles. The molecule has 1 aromatic heterocycles. The standard InChI is InChI=1S/C42H33NS/c1-3-4-5-6-7-15-29-16-13-24-37-38-25-14-23-33(42(38)44-41(29)37)30-17-12-18-31(26-30)40(43)27-39-28(2)32-19-8-9-20-34(32)35-21-10-11-22-36(35)39/h3-27H,43H2,1-2H3/b4-3-,6-5-,15-7+,40-27-. The van der Waals surface area contributed by atoms with Crippen LogP contribution in [0.25, 0.3) is 70.7 Å². The second-order valence-corrected chi connectivity index (χ2v) is 12.1. The summed E-state index contributed by atoms with van der Waals surface area (Å²) in [5, 5.41) is 7.59. The van der Waals surface area contributed by atoms with Gasteiger partial charge in [-0.05, 0) is 80.9 Å². The normalized spacial score (nSPS) is 12.7. The molecule has 0 aliphatic rings. The minimum Gasteiger partial charge on any atom is -0.398 e. The van der Waals surface area contributed by atoms with Gasteiger partial charge in [0, 0.05) is 25.9 Å². The summed E-state index contributed by atoms with van der Waals surface area (Å²) in [5.41, 5.74) is 14.7. The highest BCUT2D eigenvalue weighted by molar-refractivity contribution is 7.26. The monoisotopic (exact) mass is 583 g/mol. The lowest BCUT2D eigenvalue weighted by Gasteiger charge is -2.14. The van der Waals surface area contributed by atoms with Gasteiger partial charge in [-0.25, -0.2) is 0 Å². The van der Waals surface area contributed by atoms with Crippen molar-refractivity contribution < 1.29 is 0 Å². The molecule has 7 aromatic rings. The zero-order chi connectivity index (χ0) is 30.0. The first-order valence-electron chi connectivity index (χ1n) is 15.0. The van der Waals surface area contributed by atoms with Crippen LogP contribution in [0, 0.1) is 6.92 Å². The molecular weight excluding hydrogens is 551 g/mol. The van der Waals surface area contributed by atoms with Gasteiger partial charge in [0.25, 0.3) is 0 Å². The van der Waals surface area contributed by atoms with E-state index in [0.29, 0.717) is 0 Å². The van der Waals surface area contributed by atoms with Crippen molar-refractivity contribution in [2.24, 2.45) is 5.73 Å². The minimum atomic E-state index is 0.761. The van der Waals surface area contributed by atoms with E-state index in [0.717, 1.165) is 11.3 Å². The maximum Gasteiger partial charge on any atom is 0.0434 e. The van der Waals surface area contributed by atoms with Crippen molar-refractivity contribution >= 4 is 70.9 Å². The van der Waals surface area contributed by atoms with Crippen LogP contribution in [0.5, 0.6) is 0 Å². The van der Waals surface area contributed by atoms with E-state index in [1.54, 1.807) is 0 Å². The van der Waals surface area contributed by atoms with Crippen LogP contribution in [0.2, 0.25) is 0 Å². The molecule has 1 nitrogen and oxygen atoms in total. The van der Waals surface area contributed by atoms with E-state index >= 15 is 0 Å². The van der Waals surface area contributed by atoms with Crippen molar-refractivity contribution in [3.63, 3.8) is 0 Å². The zero-order valence-corrected chi connectivity index (χ0v) is 25.7. The quantitative estimate of drug-likeness (QED) is 0.118. The number of hydrogen-bond donors (Lipinski definition) is 1. The number of nitrogens with two attached hydrogens (primary N) is 1. The highest BCUT2D eigenvalue weighted by Crippen LogP contribution is 2.42. The fourth-order valence-corrected chi connectivity index (χ4v) is 7.57. The van der Waals surface area contributed by atoms with Gasteiger partial charge in [-0.2, -0.15) is 0 Å². The summed E-state index contributed by atoms with van der Waals surface area (Å²) in [5.74, 6) is 0. The van der Waals surface area contributed by atoms with Crippen LogP contribution < -0.4 is 5.73 Å². The van der Waals surface area contributed by atoms with Gasteiger partial charge in [0.15, 0.2) is 0 Å². The molecule has 2 heteroatoms. The second-order valence-electron chi connectivity index (χ2n) is 11.1. The average Bonchev–Trinajstić information content (AvgIpc) is 3.46. The van der Waals surface area contributed by atoms with Crippen LogP contribution in [-0.4, -0.2) is 0 Å². The molecule has 2 N–H and O–H groups in total. The third-order valence-electron chi connectivity index (χ3n) is 8.41. The number of allylic oxidation sites excluding steroid dienone is 5. The second kappa shape index (κ2) is 11.8. The molecule has 0 radical (unpaired) electrons. The first-order chi connectivity index (χ1) is 21.6. The lowest BCUT2D eigenvalue weighted by molar-refractivity contribution is 1.50. The summed E-state index contributed by atoms with van der Waals surface area (Å²) >= 11 is 1.86. The van der Waals surface area contributed by atoms with E-state index < -0.39 is 0 Å². The van der Waals surface area contributed by atoms with Gasteiger partial charge in [-0.3, -0.25) is 0 Å². The predicted molar refractivity (Wildman–Crippen MR) is 196 cm³/mol. The molecule has 7 rings (SSSR count). The van der Waals surface area contributed by atoms with Crippen LogP contribution in [0.1, 0.15) is 29.2 Å². The Morgan fingerprint density at radius 3 is 2.05 bits per heavy atom. The SMILES string of the molecule is C\C=C/C=C\C=C\c1cccc2c1sc1c(-c3cccc(/C(N)=C/c4c(C)c5ccccc5c5ccccc45)c3)cccc12. The molecular formula is C42H33NS. The van der Waals surface area contributed by atoms with Gasteiger partial charge in [-0.15, -0.1) is 11.3 Å². The van der Waals surface area contributed by atoms with Gasteiger partial charge in [0.05, 0.1) is 0 Å². The molecule has 0 unspecified atom stereocenters. The summed E-state index contributed by atoms with van der Waals surface area (Å²) in [6, 6.07) is 39.2. The number of aryl methyl sites for hydroxylation is 1. The van der Waals surface area contributed by atoms with Crippen molar-refractivity contribution in [3.05, 3.63) is 162 Å². The molecule has 0 bridgehead atoms. The van der Waals surface area contributed by atoms with Gasteiger partial charge in [-0.1, -0.05) is 140 Å². The van der Waals surface area contributed by atoms with Gasteiger partial charge >= 0.3 is 0 Å². The van der Waals surface area contributed by atoms with Crippen molar-refractivity contribution in [3.8, 4) is 11.1 Å². The molecule has 0 amide bonds. The number of thiophene rings is 1. The van der Waals surface area contributed by atoms with Crippen molar-refractivity contribution in [2.75, 3.05) is 0 Å². The summed E-state index contributed by atoms with van der Waals surface area (Å²) in [6.45, 7) is 4.23. The summed E-state index contributed by atoms with van der Waals surface area (Å²) in [7, 11) is 0. The van der Waals surface area contributed by atoms with E-state index in [1.807, 2.05) is 30.4 Å². The smallest absolute Gasteiger partial charge is 0.0434 e. The molecule has 1 heterocycles. The fourth-order valence-electron chi connectivity index (χ4n) is 6.24. The van der Waals surface area contributed by atoms with E-state index in [1.165, 1.54) is 69.5 Å². The maximum atomic E-state index is 6.90. The van der Waals surface area contributed by atoms with Gasteiger partial charge < -0.3 is 5.73 Å². The van der Waals surface area contributed by atoms with E-state index in [9.17, 15) is 0 Å². The zero-order valence-electron chi connectivity index (χ0n) is 24.9. The molecule has 0 saturated carbocycles. The largest absolute Gasteiger partial charge is 0.398 e. The third kappa shape index (κ3) is 4.94. The number of benzene rings is 6. The molecule has 0 aliphatic heterocycles. The molecule has 0 fully saturated rings. The Balaban J connectivity index is 1.33. The lowest BCUT2D eigenvalue weighted by atomic mass is 9.91. The molecule has 212 valence electrons. The Bertz CT molecular complexity index is 2310. The number of rotatable bonds is 6. The highest BCUT2D eigenvalue weighted by Gasteiger charge is 2.14. The Kier molecular flexibility index (Phi) is 7.43. The molecule has 6 aromatic carbocycles. The topological polar surface area (TPSA) is 26.0 Å². The van der Waals surface area contributed by atoms with Gasteiger partial charge in [0.1, 0.15) is 0 Å². The van der Waals surface area contributed by atoms with Crippen molar-refractivity contribution in [1.82, 2.24) is 0 Å². The van der Waals surface area contributed by atoms with E-state index in [2.05, 4.69) is 146 Å². The van der Waals surface area contributed by atoms with Crippen molar-refractivity contribution in [1.29, 1.82) is 0 Å².